The van der Waals surface area contributed by atoms with Gasteiger partial charge in [0.2, 0.25) is 0 Å². The Labute approximate surface area is 153 Å². The van der Waals surface area contributed by atoms with E-state index < -0.39 is 5.60 Å². The molecule has 0 aliphatic rings. The normalized spacial score (nSPS) is 14.7. The van der Waals surface area contributed by atoms with Crippen LogP contribution in [0.1, 0.15) is 24.0 Å². The van der Waals surface area contributed by atoms with Crippen molar-refractivity contribution in [3.63, 3.8) is 0 Å². The Hall–Kier alpha value is -2.07. The Balaban J connectivity index is 1.89. The van der Waals surface area contributed by atoms with Crippen LogP contribution in [0.3, 0.4) is 0 Å². The van der Waals surface area contributed by atoms with Crippen molar-refractivity contribution in [3.05, 3.63) is 96.1 Å². The summed E-state index contributed by atoms with van der Waals surface area (Å²) in [6.45, 7) is 2.00. The van der Waals surface area contributed by atoms with Gasteiger partial charge in [0, 0.05) is 22.3 Å². The van der Waals surface area contributed by atoms with E-state index in [4.69, 9.17) is 5.73 Å². The fourth-order valence-corrected chi connectivity index (χ4v) is 3.86. The highest BCUT2D eigenvalue weighted by molar-refractivity contribution is 7.99. The maximum Gasteiger partial charge on any atom is 0.0849 e. The summed E-state index contributed by atoms with van der Waals surface area (Å²) in [5.41, 5.74) is 6.99. The zero-order valence-electron chi connectivity index (χ0n) is 14.3. The summed E-state index contributed by atoms with van der Waals surface area (Å²) in [6.07, 6.45) is 0. The van der Waals surface area contributed by atoms with E-state index in [9.17, 15) is 5.11 Å². The third kappa shape index (κ3) is 4.31. The van der Waals surface area contributed by atoms with E-state index >= 15 is 0 Å². The maximum atomic E-state index is 10.9. The van der Waals surface area contributed by atoms with Crippen LogP contribution in [0.15, 0.2) is 94.7 Å². The van der Waals surface area contributed by atoms with E-state index in [1.165, 1.54) is 9.79 Å². The van der Waals surface area contributed by atoms with Gasteiger partial charge < -0.3 is 10.8 Å². The highest BCUT2D eigenvalue weighted by Crippen LogP contribution is 2.36. The Bertz CT molecular complexity index is 785. The minimum absolute atomic E-state index is 0.158. The van der Waals surface area contributed by atoms with Crippen molar-refractivity contribution in [2.45, 2.75) is 28.2 Å². The molecule has 0 radical (unpaired) electrons. The second-order valence-corrected chi connectivity index (χ2v) is 7.54. The number of hydrogen-bond acceptors (Lipinski definition) is 3. The van der Waals surface area contributed by atoms with Gasteiger partial charge in [-0.3, -0.25) is 0 Å². The zero-order chi connectivity index (χ0) is 17.7. The topological polar surface area (TPSA) is 46.2 Å². The van der Waals surface area contributed by atoms with Crippen molar-refractivity contribution in [1.82, 2.24) is 0 Å². The molecule has 0 saturated heterocycles. The van der Waals surface area contributed by atoms with Crippen LogP contribution in [0.25, 0.3) is 0 Å². The molecule has 3 N–H and O–H groups in total. The summed E-state index contributed by atoms with van der Waals surface area (Å²) in [4.78, 5) is 2.39. The molecule has 0 amide bonds. The molecule has 3 rings (SSSR count). The first kappa shape index (κ1) is 17.7. The Morgan fingerprint density at radius 2 is 1.28 bits per heavy atom. The van der Waals surface area contributed by atoms with Gasteiger partial charge in [0.25, 0.3) is 0 Å². The summed E-state index contributed by atoms with van der Waals surface area (Å²) >= 11 is 1.73. The van der Waals surface area contributed by atoms with Crippen LogP contribution in [0.5, 0.6) is 0 Å². The van der Waals surface area contributed by atoms with E-state index in [0.717, 1.165) is 11.1 Å². The molecule has 2 unspecified atom stereocenters. The van der Waals surface area contributed by atoms with Crippen molar-refractivity contribution < 1.29 is 5.11 Å². The molecule has 3 aromatic rings. The average Bonchev–Trinajstić information content (AvgIpc) is 2.65. The molecule has 128 valence electrons. The van der Waals surface area contributed by atoms with Crippen molar-refractivity contribution in [1.29, 1.82) is 0 Å². The van der Waals surface area contributed by atoms with E-state index in [1.807, 2.05) is 48.5 Å². The zero-order valence-corrected chi connectivity index (χ0v) is 15.1. The third-order valence-electron chi connectivity index (χ3n) is 4.36. The average molecular weight is 349 g/mol. The molecule has 0 heterocycles. The van der Waals surface area contributed by atoms with Crippen LogP contribution < -0.4 is 5.73 Å². The lowest BCUT2D eigenvalue weighted by Crippen LogP contribution is -2.41. The number of aliphatic hydroxyl groups is 1. The number of hydrogen-bond donors (Lipinski definition) is 2. The Kier molecular flexibility index (Phi) is 5.59. The minimum atomic E-state index is -1.00. The third-order valence-corrected chi connectivity index (χ3v) is 5.38. The van der Waals surface area contributed by atoms with Gasteiger partial charge in [-0.1, -0.05) is 72.4 Å². The second-order valence-electron chi connectivity index (χ2n) is 6.39. The fourth-order valence-electron chi connectivity index (χ4n) is 3.03. The highest BCUT2D eigenvalue weighted by atomic mass is 32.2. The van der Waals surface area contributed by atoms with Gasteiger partial charge in [0.15, 0.2) is 0 Å². The van der Waals surface area contributed by atoms with Crippen LogP contribution in [0.4, 0.5) is 0 Å². The van der Waals surface area contributed by atoms with Crippen molar-refractivity contribution in [2.24, 2.45) is 5.73 Å². The predicted molar refractivity (Wildman–Crippen MR) is 105 cm³/mol. The maximum absolute atomic E-state index is 10.9. The smallest absolute Gasteiger partial charge is 0.0849 e. The molecular weight excluding hydrogens is 326 g/mol. The van der Waals surface area contributed by atoms with E-state index in [2.05, 4.69) is 36.4 Å². The summed E-state index contributed by atoms with van der Waals surface area (Å²) in [7, 11) is 0. The number of rotatable bonds is 6. The lowest BCUT2D eigenvalue weighted by atomic mass is 9.78. The minimum Gasteiger partial charge on any atom is -0.388 e. The van der Waals surface area contributed by atoms with Crippen LogP contribution in [0.2, 0.25) is 0 Å². The van der Waals surface area contributed by atoms with Crippen molar-refractivity contribution in [2.75, 3.05) is 6.54 Å². The molecule has 0 fully saturated rings. The summed E-state index contributed by atoms with van der Waals surface area (Å²) in [5, 5.41) is 10.9. The van der Waals surface area contributed by atoms with Crippen LogP contribution in [-0.2, 0) is 0 Å². The SMILES string of the molecule is CC(O)(CN)C(c1ccccc1)c1ccc(Sc2ccccc2)cc1. The lowest BCUT2D eigenvalue weighted by molar-refractivity contribution is 0.0518. The van der Waals surface area contributed by atoms with Crippen molar-refractivity contribution in [3.8, 4) is 0 Å². The largest absolute Gasteiger partial charge is 0.388 e. The molecule has 3 heteroatoms. The van der Waals surface area contributed by atoms with Gasteiger partial charge in [0.1, 0.15) is 0 Å². The first-order chi connectivity index (χ1) is 12.1. The summed E-state index contributed by atoms with van der Waals surface area (Å²) in [5.74, 6) is -0.158. The highest BCUT2D eigenvalue weighted by Gasteiger charge is 2.33. The molecule has 0 aliphatic heterocycles. The second kappa shape index (κ2) is 7.87. The van der Waals surface area contributed by atoms with Crippen LogP contribution >= 0.6 is 11.8 Å². The molecule has 0 aliphatic carbocycles. The van der Waals surface area contributed by atoms with Gasteiger partial charge in [-0.25, -0.2) is 0 Å². The first-order valence-corrected chi connectivity index (χ1v) is 9.22. The van der Waals surface area contributed by atoms with Gasteiger partial charge >= 0.3 is 0 Å². The Morgan fingerprint density at radius 3 is 1.84 bits per heavy atom. The van der Waals surface area contributed by atoms with E-state index in [1.54, 1.807) is 18.7 Å². The van der Waals surface area contributed by atoms with Gasteiger partial charge in [0.05, 0.1) is 5.60 Å². The lowest BCUT2D eigenvalue weighted by Gasteiger charge is -2.32. The molecular formula is C22H23NOS. The fraction of sp³-hybridized carbons (Fsp3) is 0.182. The quantitative estimate of drug-likeness (QED) is 0.679. The van der Waals surface area contributed by atoms with E-state index in [0.29, 0.717) is 0 Å². The monoisotopic (exact) mass is 349 g/mol. The Morgan fingerprint density at radius 1 is 0.800 bits per heavy atom. The predicted octanol–water partition coefficient (Wildman–Crippen LogP) is 4.68. The van der Waals surface area contributed by atoms with Gasteiger partial charge in [-0.2, -0.15) is 0 Å². The van der Waals surface area contributed by atoms with Gasteiger partial charge in [-0.05, 0) is 42.3 Å². The van der Waals surface area contributed by atoms with E-state index in [-0.39, 0.29) is 12.5 Å². The van der Waals surface area contributed by atoms with Crippen molar-refractivity contribution >= 4 is 11.8 Å². The molecule has 2 atom stereocenters. The molecule has 3 aromatic carbocycles. The molecule has 0 aromatic heterocycles. The molecule has 2 nitrogen and oxygen atoms in total. The number of nitrogens with two attached hydrogens (primary N) is 1. The summed E-state index contributed by atoms with van der Waals surface area (Å²) in [6, 6.07) is 28.8. The van der Waals surface area contributed by atoms with Crippen LogP contribution in [-0.4, -0.2) is 17.3 Å². The first-order valence-electron chi connectivity index (χ1n) is 8.40. The molecule has 25 heavy (non-hydrogen) atoms. The summed E-state index contributed by atoms with van der Waals surface area (Å²) < 4.78 is 0. The van der Waals surface area contributed by atoms with Crippen LogP contribution in [0, 0.1) is 0 Å². The standard InChI is InChI=1S/C22H23NOS/c1-22(24,16-23)21(17-8-4-2-5-9-17)18-12-14-20(15-13-18)25-19-10-6-3-7-11-19/h2-15,21,24H,16,23H2,1H3. The molecule has 0 bridgehead atoms. The molecule has 0 spiro atoms. The number of benzene rings is 3. The molecule has 0 saturated carbocycles. The van der Waals surface area contributed by atoms with Gasteiger partial charge in [-0.15, -0.1) is 0 Å².